The molecule has 0 aliphatic carbocycles. The lowest BCUT2D eigenvalue weighted by atomic mass is 10.1. The van der Waals surface area contributed by atoms with Gasteiger partial charge >= 0.3 is 0 Å². The summed E-state index contributed by atoms with van der Waals surface area (Å²) in [5.41, 5.74) is 3.49. The maximum atomic E-state index is 6.24. The van der Waals surface area contributed by atoms with Crippen LogP contribution >= 0.6 is 11.6 Å². The Bertz CT molecular complexity index is 952. The average molecular weight is 384 g/mol. The zero-order valence-electron chi connectivity index (χ0n) is 15.6. The average Bonchev–Trinajstić information content (AvgIpc) is 2.67. The Morgan fingerprint density at radius 3 is 2.41 bits per heavy atom. The first kappa shape index (κ1) is 18.0. The number of methoxy groups -OCH3 is 1. The van der Waals surface area contributed by atoms with Gasteiger partial charge in [0.15, 0.2) is 5.75 Å². The number of benzene rings is 2. The first-order valence-corrected chi connectivity index (χ1v) is 9.44. The van der Waals surface area contributed by atoms with Gasteiger partial charge in [-0.05, 0) is 38.1 Å². The zero-order valence-corrected chi connectivity index (χ0v) is 16.4. The Morgan fingerprint density at radius 1 is 1.04 bits per heavy atom. The molecule has 1 aliphatic heterocycles. The van der Waals surface area contributed by atoms with Crippen LogP contribution < -0.4 is 9.64 Å². The van der Waals surface area contributed by atoms with Crippen LogP contribution in [0.2, 0.25) is 5.02 Å². The van der Waals surface area contributed by atoms with E-state index in [4.69, 9.17) is 21.1 Å². The second kappa shape index (κ2) is 7.33. The van der Waals surface area contributed by atoms with Crippen molar-refractivity contribution >= 4 is 28.2 Å². The molecule has 2 heterocycles. The molecule has 0 spiro atoms. The van der Waals surface area contributed by atoms with Gasteiger partial charge in [-0.2, -0.15) is 0 Å². The van der Waals surface area contributed by atoms with Crippen LogP contribution in [0.1, 0.15) is 13.8 Å². The lowest BCUT2D eigenvalue weighted by Gasteiger charge is -2.36. The van der Waals surface area contributed by atoms with Crippen LogP contribution in [-0.4, -0.2) is 42.6 Å². The van der Waals surface area contributed by atoms with Gasteiger partial charge in [0.2, 0.25) is 0 Å². The molecule has 0 N–H and O–H groups in total. The maximum Gasteiger partial charge on any atom is 0.156 e. The summed E-state index contributed by atoms with van der Waals surface area (Å²) in [6, 6.07) is 14.0. The molecule has 27 heavy (non-hydrogen) atoms. The fourth-order valence-corrected chi connectivity index (χ4v) is 3.90. The third-order valence-electron chi connectivity index (χ3n) is 4.83. The zero-order chi connectivity index (χ0) is 19.0. The quantitative estimate of drug-likeness (QED) is 0.662. The highest BCUT2D eigenvalue weighted by Crippen LogP contribution is 2.36. The van der Waals surface area contributed by atoms with E-state index in [2.05, 4.69) is 53.2 Å². The number of nitrogens with zero attached hydrogens (tertiary/aromatic N) is 3. The summed E-state index contributed by atoms with van der Waals surface area (Å²) in [4.78, 5) is 2.35. The third-order valence-corrected chi connectivity index (χ3v) is 5.13. The molecule has 5 nitrogen and oxygen atoms in total. The SMILES string of the molecule is COc1c(-c2ccc(N3C[C@@H](C)O[C@@H](C)C3)cc2)nnc2c(Cl)cccc12. The van der Waals surface area contributed by atoms with Gasteiger partial charge in [-0.1, -0.05) is 29.8 Å². The van der Waals surface area contributed by atoms with E-state index in [1.807, 2.05) is 12.1 Å². The Morgan fingerprint density at radius 2 is 1.74 bits per heavy atom. The smallest absolute Gasteiger partial charge is 0.156 e. The number of fused-ring (bicyclic) bond motifs is 1. The monoisotopic (exact) mass is 383 g/mol. The van der Waals surface area contributed by atoms with Gasteiger partial charge in [0.05, 0.1) is 24.3 Å². The van der Waals surface area contributed by atoms with Crippen molar-refractivity contribution < 1.29 is 9.47 Å². The number of rotatable bonds is 3. The molecule has 4 rings (SSSR count). The van der Waals surface area contributed by atoms with Crippen molar-refractivity contribution in [2.75, 3.05) is 25.1 Å². The molecule has 0 saturated carbocycles. The molecule has 2 aromatic carbocycles. The highest BCUT2D eigenvalue weighted by molar-refractivity contribution is 6.35. The Kier molecular flexibility index (Phi) is 4.89. The topological polar surface area (TPSA) is 47.5 Å². The first-order chi connectivity index (χ1) is 13.1. The summed E-state index contributed by atoms with van der Waals surface area (Å²) in [7, 11) is 1.64. The molecule has 1 aliphatic rings. The van der Waals surface area contributed by atoms with Crippen molar-refractivity contribution in [1.29, 1.82) is 0 Å². The Balaban J connectivity index is 1.70. The minimum atomic E-state index is 0.227. The molecular formula is C21H22ClN3O2. The van der Waals surface area contributed by atoms with Crippen LogP contribution in [0.5, 0.6) is 5.75 Å². The number of ether oxygens (including phenoxy) is 2. The van der Waals surface area contributed by atoms with Gasteiger partial charge in [-0.25, -0.2) is 0 Å². The van der Waals surface area contributed by atoms with Crippen LogP contribution in [-0.2, 0) is 4.74 Å². The Hall–Kier alpha value is -2.37. The lowest BCUT2D eigenvalue weighted by Crippen LogP contribution is -2.45. The van der Waals surface area contributed by atoms with Crippen molar-refractivity contribution in [2.45, 2.75) is 26.1 Å². The van der Waals surface area contributed by atoms with E-state index in [0.29, 0.717) is 22.0 Å². The van der Waals surface area contributed by atoms with Gasteiger partial charge in [-0.3, -0.25) is 0 Å². The molecule has 1 saturated heterocycles. The molecule has 0 radical (unpaired) electrons. The number of hydrogen-bond acceptors (Lipinski definition) is 5. The lowest BCUT2D eigenvalue weighted by molar-refractivity contribution is -0.00521. The molecule has 1 aromatic heterocycles. The molecule has 2 atom stereocenters. The number of hydrogen-bond donors (Lipinski definition) is 0. The van der Waals surface area contributed by atoms with Crippen molar-refractivity contribution in [2.24, 2.45) is 0 Å². The second-order valence-corrected chi connectivity index (χ2v) is 7.33. The molecule has 0 amide bonds. The van der Waals surface area contributed by atoms with Crippen molar-refractivity contribution in [1.82, 2.24) is 10.2 Å². The Labute approximate surface area is 163 Å². The van der Waals surface area contributed by atoms with Crippen molar-refractivity contribution in [3.63, 3.8) is 0 Å². The fraction of sp³-hybridized carbons (Fsp3) is 0.333. The van der Waals surface area contributed by atoms with E-state index >= 15 is 0 Å². The van der Waals surface area contributed by atoms with Gasteiger partial charge in [0.1, 0.15) is 11.2 Å². The summed E-state index contributed by atoms with van der Waals surface area (Å²) in [5.74, 6) is 0.684. The summed E-state index contributed by atoms with van der Waals surface area (Å²) < 4.78 is 11.5. The number of aromatic nitrogens is 2. The largest absolute Gasteiger partial charge is 0.494 e. The molecule has 1 fully saturated rings. The number of morpholine rings is 1. The summed E-state index contributed by atoms with van der Waals surface area (Å²) >= 11 is 6.24. The summed E-state index contributed by atoms with van der Waals surface area (Å²) in [6.07, 6.45) is 0.453. The van der Waals surface area contributed by atoms with Crippen molar-refractivity contribution in [3.05, 3.63) is 47.5 Å². The molecular weight excluding hydrogens is 362 g/mol. The highest BCUT2D eigenvalue weighted by atomic mass is 35.5. The van der Waals surface area contributed by atoms with Gasteiger partial charge in [0.25, 0.3) is 0 Å². The highest BCUT2D eigenvalue weighted by Gasteiger charge is 2.22. The van der Waals surface area contributed by atoms with E-state index in [0.717, 1.165) is 24.0 Å². The summed E-state index contributed by atoms with van der Waals surface area (Å²) in [5, 5.41) is 10.1. The summed E-state index contributed by atoms with van der Waals surface area (Å²) in [6.45, 7) is 6.00. The minimum absolute atomic E-state index is 0.227. The predicted octanol–water partition coefficient (Wildman–Crippen LogP) is 4.57. The van der Waals surface area contributed by atoms with Crippen LogP contribution in [0.15, 0.2) is 42.5 Å². The minimum Gasteiger partial charge on any atom is -0.494 e. The van der Waals surface area contributed by atoms with E-state index in [1.54, 1.807) is 13.2 Å². The van der Waals surface area contributed by atoms with Gasteiger partial charge in [0, 0.05) is 29.7 Å². The van der Waals surface area contributed by atoms with E-state index < -0.39 is 0 Å². The van der Waals surface area contributed by atoms with E-state index in [1.165, 1.54) is 5.69 Å². The van der Waals surface area contributed by atoms with Crippen LogP contribution in [0.25, 0.3) is 22.2 Å². The van der Waals surface area contributed by atoms with Crippen LogP contribution in [0.4, 0.5) is 5.69 Å². The van der Waals surface area contributed by atoms with Crippen LogP contribution in [0, 0.1) is 0 Å². The standard InChI is InChI=1S/C21H22ClN3O2/c1-13-11-25(12-14(2)27-13)16-9-7-15(8-10-16)19-21(26-3)17-5-4-6-18(22)20(17)24-23-19/h4-10,13-14H,11-12H2,1-3H3/t13-,14+. The normalized spacial score (nSPS) is 20.1. The molecule has 3 aromatic rings. The van der Waals surface area contributed by atoms with Gasteiger partial charge in [-0.15, -0.1) is 10.2 Å². The first-order valence-electron chi connectivity index (χ1n) is 9.06. The molecule has 0 bridgehead atoms. The maximum absolute atomic E-state index is 6.24. The van der Waals surface area contributed by atoms with E-state index in [9.17, 15) is 0 Å². The molecule has 6 heteroatoms. The van der Waals surface area contributed by atoms with Crippen molar-refractivity contribution in [3.8, 4) is 17.0 Å². The second-order valence-electron chi connectivity index (χ2n) is 6.93. The number of anilines is 1. The third kappa shape index (κ3) is 3.45. The predicted molar refractivity (Wildman–Crippen MR) is 109 cm³/mol. The van der Waals surface area contributed by atoms with Crippen LogP contribution in [0.3, 0.4) is 0 Å². The molecule has 0 unspecified atom stereocenters. The van der Waals surface area contributed by atoms with E-state index in [-0.39, 0.29) is 12.2 Å². The number of halogens is 1. The fourth-order valence-electron chi connectivity index (χ4n) is 3.69. The van der Waals surface area contributed by atoms with Gasteiger partial charge < -0.3 is 14.4 Å². The molecule has 140 valence electrons.